The molecule has 1 aromatic rings. The fourth-order valence-electron chi connectivity index (χ4n) is 2.59. The standard InChI is InChI=1S/C18H28N2O3/c1-4-9-14-10-7-8-11-15(14)20-18(23)17(22)19-12-16(21)13(5-2)6-3/h7-8,10-11,13,16,21H,4-6,9,12H2,1-3H3,(H,19,22)(H,20,23). The van der Waals surface area contributed by atoms with Crippen LogP contribution in [0.1, 0.15) is 45.6 Å². The molecule has 5 heteroatoms. The van der Waals surface area contributed by atoms with Crippen LogP contribution in [0.2, 0.25) is 0 Å². The molecule has 128 valence electrons. The summed E-state index contributed by atoms with van der Waals surface area (Å²) in [5.74, 6) is -1.30. The van der Waals surface area contributed by atoms with Gasteiger partial charge in [0.05, 0.1) is 6.10 Å². The Morgan fingerprint density at radius 2 is 1.74 bits per heavy atom. The number of anilines is 1. The minimum Gasteiger partial charge on any atom is -0.391 e. The fourth-order valence-corrected chi connectivity index (χ4v) is 2.59. The van der Waals surface area contributed by atoms with Crippen LogP contribution in [0, 0.1) is 5.92 Å². The van der Waals surface area contributed by atoms with Crippen molar-refractivity contribution in [2.75, 3.05) is 11.9 Å². The van der Waals surface area contributed by atoms with Gasteiger partial charge in [0.15, 0.2) is 0 Å². The molecule has 5 nitrogen and oxygen atoms in total. The first-order valence-corrected chi connectivity index (χ1v) is 8.38. The lowest BCUT2D eigenvalue weighted by Gasteiger charge is -2.20. The highest BCUT2D eigenvalue weighted by Crippen LogP contribution is 2.16. The van der Waals surface area contributed by atoms with E-state index in [1.807, 2.05) is 32.0 Å². The number of aliphatic hydroxyl groups is 1. The van der Waals surface area contributed by atoms with Crippen LogP contribution in [0.25, 0.3) is 0 Å². The minimum absolute atomic E-state index is 0.0925. The zero-order chi connectivity index (χ0) is 17.2. The summed E-state index contributed by atoms with van der Waals surface area (Å²) in [6.07, 6.45) is 2.84. The van der Waals surface area contributed by atoms with Gasteiger partial charge in [-0.05, 0) is 24.0 Å². The molecule has 2 amide bonds. The quantitative estimate of drug-likeness (QED) is 0.644. The second-order valence-electron chi connectivity index (χ2n) is 5.72. The lowest BCUT2D eigenvalue weighted by Crippen LogP contribution is -2.41. The Balaban J connectivity index is 2.56. The van der Waals surface area contributed by atoms with E-state index in [9.17, 15) is 14.7 Å². The minimum atomic E-state index is -0.721. The Kier molecular flexibility index (Phi) is 8.33. The molecule has 0 saturated heterocycles. The Bertz CT molecular complexity index is 513. The molecule has 1 atom stereocenters. The van der Waals surface area contributed by atoms with E-state index >= 15 is 0 Å². The summed E-state index contributed by atoms with van der Waals surface area (Å²) in [4.78, 5) is 23.9. The summed E-state index contributed by atoms with van der Waals surface area (Å²) in [7, 11) is 0. The molecule has 0 bridgehead atoms. The predicted octanol–water partition coefficient (Wildman–Crippen LogP) is 2.49. The maximum absolute atomic E-state index is 12.0. The number of aliphatic hydroxyl groups excluding tert-OH is 1. The molecule has 1 unspecified atom stereocenters. The molecule has 0 heterocycles. The number of amides is 2. The van der Waals surface area contributed by atoms with Crippen molar-refractivity contribution in [1.29, 1.82) is 0 Å². The average Bonchev–Trinajstić information content (AvgIpc) is 2.55. The Labute approximate surface area is 138 Å². The molecule has 1 aromatic carbocycles. The van der Waals surface area contributed by atoms with Crippen LogP contribution in [0.4, 0.5) is 5.69 Å². The predicted molar refractivity (Wildman–Crippen MR) is 92.2 cm³/mol. The van der Waals surface area contributed by atoms with E-state index in [0.717, 1.165) is 31.2 Å². The van der Waals surface area contributed by atoms with Gasteiger partial charge in [0.2, 0.25) is 0 Å². The van der Waals surface area contributed by atoms with Gasteiger partial charge >= 0.3 is 11.8 Å². The number of hydrogen-bond donors (Lipinski definition) is 3. The number of aryl methyl sites for hydroxylation is 1. The lowest BCUT2D eigenvalue weighted by molar-refractivity contribution is -0.136. The Morgan fingerprint density at radius 1 is 1.09 bits per heavy atom. The molecule has 0 aliphatic carbocycles. The summed E-state index contributed by atoms with van der Waals surface area (Å²) >= 11 is 0. The number of benzene rings is 1. The van der Waals surface area contributed by atoms with Crippen molar-refractivity contribution in [2.45, 2.75) is 52.6 Å². The van der Waals surface area contributed by atoms with E-state index in [-0.39, 0.29) is 12.5 Å². The van der Waals surface area contributed by atoms with Crippen LogP contribution in [-0.2, 0) is 16.0 Å². The third-order valence-electron chi connectivity index (χ3n) is 4.06. The molecule has 0 aliphatic rings. The summed E-state index contributed by atoms with van der Waals surface area (Å²) in [5.41, 5.74) is 1.67. The molecular weight excluding hydrogens is 292 g/mol. The first kappa shape index (κ1) is 19.2. The van der Waals surface area contributed by atoms with Gasteiger partial charge in [0.1, 0.15) is 0 Å². The van der Waals surface area contributed by atoms with E-state index < -0.39 is 17.9 Å². The van der Waals surface area contributed by atoms with Crippen molar-refractivity contribution < 1.29 is 14.7 Å². The molecule has 0 aromatic heterocycles. The summed E-state index contributed by atoms with van der Waals surface area (Å²) < 4.78 is 0. The van der Waals surface area contributed by atoms with Crippen molar-refractivity contribution in [2.24, 2.45) is 5.92 Å². The summed E-state index contributed by atoms with van der Waals surface area (Å²) in [5, 5.41) is 15.1. The average molecular weight is 320 g/mol. The molecule has 0 spiro atoms. The van der Waals surface area contributed by atoms with Crippen LogP contribution in [0.3, 0.4) is 0 Å². The van der Waals surface area contributed by atoms with Crippen molar-refractivity contribution in [1.82, 2.24) is 5.32 Å². The highest BCUT2D eigenvalue weighted by atomic mass is 16.3. The van der Waals surface area contributed by atoms with E-state index in [1.54, 1.807) is 6.07 Å². The van der Waals surface area contributed by atoms with Gasteiger partial charge in [0.25, 0.3) is 0 Å². The van der Waals surface area contributed by atoms with E-state index in [1.165, 1.54) is 0 Å². The third kappa shape index (κ3) is 6.02. The van der Waals surface area contributed by atoms with E-state index in [2.05, 4.69) is 17.6 Å². The summed E-state index contributed by atoms with van der Waals surface area (Å²) in [6.45, 7) is 6.15. The first-order chi connectivity index (χ1) is 11.0. The number of rotatable bonds is 8. The highest BCUT2D eigenvalue weighted by molar-refractivity contribution is 6.39. The van der Waals surface area contributed by atoms with Crippen molar-refractivity contribution >= 4 is 17.5 Å². The maximum atomic E-state index is 12.0. The second kappa shape index (κ2) is 10.0. The van der Waals surface area contributed by atoms with Crippen molar-refractivity contribution in [3.63, 3.8) is 0 Å². The molecule has 23 heavy (non-hydrogen) atoms. The number of carbonyl (C=O) groups excluding carboxylic acids is 2. The van der Waals surface area contributed by atoms with Crippen LogP contribution >= 0.6 is 0 Å². The van der Waals surface area contributed by atoms with E-state index in [4.69, 9.17) is 0 Å². The number of carbonyl (C=O) groups is 2. The van der Waals surface area contributed by atoms with Gasteiger partial charge in [-0.1, -0.05) is 58.2 Å². The topological polar surface area (TPSA) is 78.4 Å². The van der Waals surface area contributed by atoms with Gasteiger partial charge in [-0.3, -0.25) is 9.59 Å². The van der Waals surface area contributed by atoms with Crippen LogP contribution in [-0.4, -0.2) is 29.6 Å². The van der Waals surface area contributed by atoms with Gasteiger partial charge in [-0.2, -0.15) is 0 Å². The molecule has 0 fully saturated rings. The van der Waals surface area contributed by atoms with E-state index in [0.29, 0.717) is 5.69 Å². The number of nitrogens with one attached hydrogen (secondary N) is 2. The smallest absolute Gasteiger partial charge is 0.313 e. The van der Waals surface area contributed by atoms with Crippen LogP contribution in [0.15, 0.2) is 24.3 Å². The molecule has 0 radical (unpaired) electrons. The molecular formula is C18H28N2O3. The van der Waals surface area contributed by atoms with Crippen LogP contribution in [0.5, 0.6) is 0 Å². The lowest BCUT2D eigenvalue weighted by atomic mass is 9.96. The Hall–Kier alpha value is -1.88. The third-order valence-corrected chi connectivity index (χ3v) is 4.06. The highest BCUT2D eigenvalue weighted by Gasteiger charge is 2.19. The largest absolute Gasteiger partial charge is 0.391 e. The van der Waals surface area contributed by atoms with Gasteiger partial charge in [-0.15, -0.1) is 0 Å². The fraction of sp³-hybridized carbons (Fsp3) is 0.556. The molecule has 1 rings (SSSR count). The van der Waals surface area contributed by atoms with Gasteiger partial charge < -0.3 is 15.7 Å². The zero-order valence-electron chi connectivity index (χ0n) is 14.3. The summed E-state index contributed by atoms with van der Waals surface area (Å²) in [6, 6.07) is 7.46. The SMILES string of the molecule is CCCc1ccccc1NC(=O)C(=O)NCC(O)C(CC)CC. The molecule has 3 N–H and O–H groups in total. The monoisotopic (exact) mass is 320 g/mol. The first-order valence-electron chi connectivity index (χ1n) is 8.38. The van der Waals surface area contributed by atoms with Crippen molar-refractivity contribution in [3.05, 3.63) is 29.8 Å². The van der Waals surface area contributed by atoms with Gasteiger partial charge in [-0.25, -0.2) is 0 Å². The molecule has 0 saturated carbocycles. The maximum Gasteiger partial charge on any atom is 0.313 e. The molecule has 0 aliphatic heterocycles. The second-order valence-corrected chi connectivity index (χ2v) is 5.72. The van der Waals surface area contributed by atoms with Crippen LogP contribution < -0.4 is 10.6 Å². The Morgan fingerprint density at radius 3 is 2.35 bits per heavy atom. The van der Waals surface area contributed by atoms with Gasteiger partial charge in [0, 0.05) is 12.2 Å². The van der Waals surface area contributed by atoms with Crippen molar-refractivity contribution in [3.8, 4) is 0 Å². The normalized spacial score (nSPS) is 12.0. The number of hydrogen-bond acceptors (Lipinski definition) is 3. The zero-order valence-corrected chi connectivity index (χ0v) is 14.3. The number of para-hydroxylation sites is 1.